The van der Waals surface area contributed by atoms with E-state index in [0.717, 1.165) is 66.5 Å². The van der Waals surface area contributed by atoms with Gasteiger partial charge in [-0.3, -0.25) is 4.98 Å². The molecule has 0 aliphatic heterocycles. The Hall–Kier alpha value is -4.95. The van der Waals surface area contributed by atoms with Gasteiger partial charge in [0.2, 0.25) is 5.69 Å². The molecule has 0 saturated carbocycles. The Morgan fingerprint density at radius 2 is 1.59 bits per heavy atom. The lowest BCUT2D eigenvalue weighted by atomic mass is 10.00. The smallest absolute Gasteiger partial charge is 0.216 e. The van der Waals surface area contributed by atoms with Gasteiger partial charge in [0, 0.05) is 34.0 Å². The Bertz CT molecular complexity index is 2090. The van der Waals surface area contributed by atoms with Gasteiger partial charge in [0.15, 0.2) is 11.8 Å². The van der Waals surface area contributed by atoms with Crippen LogP contribution >= 0.6 is 0 Å². The quantitative estimate of drug-likeness (QED) is 0.250. The van der Waals surface area contributed by atoms with Crippen LogP contribution in [0.1, 0.15) is 16.8 Å². The summed E-state index contributed by atoms with van der Waals surface area (Å²) in [6.45, 7) is 4.11. The number of pyridine rings is 2. The van der Waals surface area contributed by atoms with E-state index in [4.69, 9.17) is 9.40 Å². The van der Waals surface area contributed by atoms with Crippen LogP contribution in [0, 0.1) is 25.2 Å². The zero-order valence-corrected chi connectivity index (χ0v) is 20.8. The molecule has 0 amide bonds. The first kappa shape index (κ1) is 21.3. The summed E-state index contributed by atoms with van der Waals surface area (Å²) in [5.74, 6) is 0. The highest BCUT2D eigenvalue weighted by atomic mass is 16.3. The Balaban J connectivity index is 1.67. The first-order chi connectivity index (χ1) is 18.1. The standard InChI is InChI=1S/C32H23N4O/c1-19-11-14-22-23-15-13-21(18-33)30(32(23)37-31(22)28(19)26-10-6-7-17-35(26)3)36-25-9-5-4-8-24(25)29-27(36)16-12-20(2)34-29/h4-17H,1-3H3/q+1. The lowest BCUT2D eigenvalue weighted by molar-refractivity contribution is -0.660. The summed E-state index contributed by atoms with van der Waals surface area (Å²) < 4.78 is 11.0. The number of furan rings is 1. The molecular formula is C32H23N4O+. The molecule has 176 valence electrons. The van der Waals surface area contributed by atoms with Crippen LogP contribution < -0.4 is 4.57 Å². The number of aryl methyl sites for hydroxylation is 3. The van der Waals surface area contributed by atoms with Gasteiger partial charge in [-0.1, -0.05) is 30.3 Å². The van der Waals surface area contributed by atoms with Crippen molar-refractivity contribution < 1.29 is 8.98 Å². The van der Waals surface area contributed by atoms with E-state index in [1.54, 1.807) is 0 Å². The maximum absolute atomic E-state index is 10.2. The third-order valence-electron chi connectivity index (χ3n) is 7.30. The fourth-order valence-electron chi connectivity index (χ4n) is 5.57. The van der Waals surface area contributed by atoms with Gasteiger partial charge in [0.1, 0.15) is 24.4 Å². The second kappa shape index (κ2) is 7.78. The normalized spacial score (nSPS) is 11.6. The lowest BCUT2D eigenvalue weighted by Crippen LogP contribution is -2.30. The fraction of sp³-hybridized carbons (Fsp3) is 0.0938. The molecule has 0 fully saturated rings. The molecule has 37 heavy (non-hydrogen) atoms. The average molecular weight is 480 g/mol. The molecule has 0 N–H and O–H groups in total. The number of aromatic nitrogens is 3. The van der Waals surface area contributed by atoms with Crippen LogP contribution in [0.3, 0.4) is 0 Å². The highest BCUT2D eigenvalue weighted by Gasteiger charge is 2.24. The summed E-state index contributed by atoms with van der Waals surface area (Å²) in [5, 5.41) is 13.3. The molecule has 0 radical (unpaired) electrons. The molecule has 4 heterocycles. The zero-order valence-electron chi connectivity index (χ0n) is 20.8. The van der Waals surface area contributed by atoms with Crippen molar-refractivity contribution in [2.75, 3.05) is 0 Å². The molecule has 4 aromatic heterocycles. The van der Waals surface area contributed by atoms with Gasteiger partial charge in [0.25, 0.3) is 0 Å². The first-order valence-corrected chi connectivity index (χ1v) is 12.3. The molecule has 0 aliphatic carbocycles. The van der Waals surface area contributed by atoms with E-state index in [2.05, 4.69) is 58.5 Å². The minimum Gasteiger partial charge on any atom is -0.453 e. The van der Waals surface area contributed by atoms with Crippen LogP contribution in [0.25, 0.3) is 60.8 Å². The number of para-hydroxylation sites is 1. The van der Waals surface area contributed by atoms with E-state index in [1.807, 2.05) is 62.6 Å². The second-order valence-electron chi connectivity index (χ2n) is 9.56. The van der Waals surface area contributed by atoms with Crippen LogP contribution in [-0.4, -0.2) is 9.55 Å². The number of nitriles is 1. The molecule has 5 heteroatoms. The van der Waals surface area contributed by atoms with E-state index in [1.165, 1.54) is 0 Å². The van der Waals surface area contributed by atoms with Crippen LogP contribution in [0.15, 0.2) is 89.5 Å². The zero-order chi connectivity index (χ0) is 25.3. The van der Waals surface area contributed by atoms with Gasteiger partial charge < -0.3 is 8.98 Å². The molecular weight excluding hydrogens is 456 g/mol. The predicted molar refractivity (Wildman–Crippen MR) is 147 cm³/mol. The molecule has 5 nitrogen and oxygen atoms in total. The summed E-state index contributed by atoms with van der Waals surface area (Å²) in [6.07, 6.45) is 2.04. The van der Waals surface area contributed by atoms with Gasteiger partial charge in [-0.2, -0.15) is 5.26 Å². The van der Waals surface area contributed by atoms with Gasteiger partial charge in [-0.15, -0.1) is 0 Å². The minimum atomic E-state index is 0.554. The number of benzene rings is 3. The number of fused-ring (bicyclic) bond motifs is 6. The van der Waals surface area contributed by atoms with Crippen molar-refractivity contribution >= 4 is 43.9 Å². The molecule has 0 aliphatic rings. The number of hydrogen-bond donors (Lipinski definition) is 0. The van der Waals surface area contributed by atoms with E-state index in [9.17, 15) is 5.26 Å². The summed E-state index contributed by atoms with van der Waals surface area (Å²) in [5.41, 5.74) is 9.89. The first-order valence-electron chi connectivity index (χ1n) is 12.3. The van der Waals surface area contributed by atoms with Crippen molar-refractivity contribution in [3.05, 3.63) is 102 Å². The molecule has 0 unspecified atom stereocenters. The predicted octanol–water partition coefficient (Wildman–Crippen LogP) is 7.06. The van der Waals surface area contributed by atoms with Crippen LogP contribution in [-0.2, 0) is 7.05 Å². The third-order valence-corrected chi connectivity index (χ3v) is 7.30. The largest absolute Gasteiger partial charge is 0.453 e. The maximum atomic E-state index is 10.2. The molecule has 0 spiro atoms. The van der Waals surface area contributed by atoms with E-state index < -0.39 is 0 Å². The van der Waals surface area contributed by atoms with Crippen molar-refractivity contribution in [1.29, 1.82) is 5.26 Å². The van der Waals surface area contributed by atoms with Gasteiger partial charge in [-0.25, -0.2) is 4.57 Å². The molecule has 0 saturated heterocycles. The summed E-state index contributed by atoms with van der Waals surface area (Å²) in [7, 11) is 2.04. The second-order valence-corrected chi connectivity index (χ2v) is 9.56. The van der Waals surface area contributed by atoms with Crippen molar-refractivity contribution in [1.82, 2.24) is 9.55 Å². The highest BCUT2D eigenvalue weighted by molar-refractivity contribution is 6.14. The van der Waals surface area contributed by atoms with Gasteiger partial charge in [-0.05, 0) is 55.8 Å². The van der Waals surface area contributed by atoms with Crippen molar-refractivity contribution in [2.45, 2.75) is 13.8 Å². The Morgan fingerprint density at radius 3 is 2.43 bits per heavy atom. The molecule has 0 bridgehead atoms. The third kappa shape index (κ3) is 2.96. The Morgan fingerprint density at radius 1 is 0.811 bits per heavy atom. The molecule has 7 aromatic rings. The lowest BCUT2D eigenvalue weighted by Gasteiger charge is -2.10. The number of rotatable bonds is 2. The Kier molecular flexibility index (Phi) is 4.49. The van der Waals surface area contributed by atoms with E-state index in [0.29, 0.717) is 11.1 Å². The average Bonchev–Trinajstić information content (AvgIpc) is 3.44. The number of hydrogen-bond acceptors (Lipinski definition) is 3. The molecule has 7 rings (SSSR count). The van der Waals surface area contributed by atoms with Gasteiger partial charge >= 0.3 is 0 Å². The minimum absolute atomic E-state index is 0.554. The van der Waals surface area contributed by atoms with E-state index in [-0.39, 0.29) is 0 Å². The van der Waals surface area contributed by atoms with Crippen molar-refractivity contribution in [3.63, 3.8) is 0 Å². The summed E-state index contributed by atoms with van der Waals surface area (Å²) >= 11 is 0. The number of nitrogens with zero attached hydrogens (tertiary/aromatic N) is 4. The summed E-state index contributed by atoms with van der Waals surface area (Å²) in [4.78, 5) is 4.87. The van der Waals surface area contributed by atoms with Gasteiger partial charge in [0.05, 0.1) is 27.7 Å². The maximum Gasteiger partial charge on any atom is 0.216 e. The fourth-order valence-corrected chi connectivity index (χ4v) is 5.57. The van der Waals surface area contributed by atoms with Crippen LogP contribution in [0.5, 0.6) is 0 Å². The van der Waals surface area contributed by atoms with Crippen LogP contribution in [0.2, 0.25) is 0 Å². The van der Waals surface area contributed by atoms with Crippen LogP contribution in [0.4, 0.5) is 0 Å². The monoisotopic (exact) mass is 479 g/mol. The SMILES string of the molecule is Cc1ccc2c(n1)c1ccccc1n2-c1c(C#N)ccc2c1oc1c(-c3cccc[n+]3C)c(C)ccc12. The molecule has 0 atom stereocenters. The van der Waals surface area contributed by atoms with E-state index >= 15 is 0 Å². The van der Waals surface area contributed by atoms with Crippen molar-refractivity contribution in [2.24, 2.45) is 7.05 Å². The highest BCUT2D eigenvalue weighted by Crippen LogP contribution is 2.42. The Labute approximate surface area is 213 Å². The molecule has 3 aromatic carbocycles. The topological polar surface area (TPSA) is 58.6 Å². The summed E-state index contributed by atoms with van der Waals surface area (Å²) in [6, 6.07) is 29.1. The van der Waals surface area contributed by atoms with Crippen molar-refractivity contribution in [3.8, 4) is 23.0 Å².